The van der Waals surface area contributed by atoms with Gasteiger partial charge in [-0.2, -0.15) is 0 Å². The fraction of sp³-hybridized carbons (Fsp3) is 0.250. The van der Waals surface area contributed by atoms with Crippen LogP contribution in [0.5, 0.6) is 0 Å². The third kappa shape index (κ3) is 8.89. The number of nitrogens with zero attached hydrogens (tertiary/aromatic N) is 1. The van der Waals surface area contributed by atoms with Crippen molar-refractivity contribution in [2.45, 2.75) is 27.2 Å². The molecule has 0 saturated carbocycles. The van der Waals surface area contributed by atoms with E-state index in [0.29, 0.717) is 4.91 Å². The Bertz CT molecular complexity index is 606. The molecule has 0 aliphatic heterocycles. The topological polar surface area (TPSA) is 24.4 Å². The smallest absolute Gasteiger partial charge is 0.0705 e. The van der Waals surface area contributed by atoms with Crippen LogP contribution in [0.1, 0.15) is 31.4 Å². The Labute approximate surface area is 146 Å². The molecular formula is C20H28N2S. The molecule has 0 aromatic heterocycles. The first-order valence-corrected chi connectivity index (χ1v) is 8.13. The molecule has 0 aliphatic carbocycles. The first-order valence-electron chi connectivity index (χ1n) is 7.68. The van der Waals surface area contributed by atoms with Gasteiger partial charge in [-0.15, -0.1) is 12.6 Å². The Balaban J connectivity index is 0.000000365. The lowest BCUT2D eigenvalue weighted by Gasteiger charge is -2.01. The van der Waals surface area contributed by atoms with Crippen LogP contribution in [0.25, 0.3) is 4.91 Å². The Hall–Kier alpha value is -2.00. The van der Waals surface area contributed by atoms with E-state index in [2.05, 4.69) is 69.1 Å². The van der Waals surface area contributed by atoms with Gasteiger partial charge in [-0.25, -0.2) is 0 Å². The summed E-state index contributed by atoms with van der Waals surface area (Å²) in [5.74, 6) is 0. The Kier molecular flexibility index (Phi) is 11.4. The van der Waals surface area contributed by atoms with E-state index in [4.69, 9.17) is 0 Å². The molecule has 0 saturated heterocycles. The van der Waals surface area contributed by atoms with Crippen LogP contribution >= 0.6 is 12.6 Å². The number of aliphatic imine (C=N–C) groups is 1. The highest BCUT2D eigenvalue weighted by molar-refractivity contribution is 7.90. The first kappa shape index (κ1) is 21.0. The van der Waals surface area contributed by atoms with Crippen molar-refractivity contribution in [2.24, 2.45) is 4.99 Å². The van der Waals surface area contributed by atoms with Crippen LogP contribution in [-0.4, -0.2) is 13.8 Å². The molecule has 23 heavy (non-hydrogen) atoms. The maximum atomic E-state index is 4.13. The standard InChI is InChI=1S/C9H9NS.C8H11N.C3H8/c1-7(11)8-5-3-4-6-9(8)10-2;1-7-4-3-5-8(6-7)9-2;1-3-2/h3-6,11H,1-2H2;3-6,9H,1-2H3;3H2,1-2H3. The minimum atomic E-state index is 0.716. The maximum Gasteiger partial charge on any atom is 0.0705 e. The van der Waals surface area contributed by atoms with Gasteiger partial charge < -0.3 is 5.32 Å². The lowest BCUT2D eigenvalue weighted by Crippen LogP contribution is -1.86. The molecule has 0 heterocycles. The van der Waals surface area contributed by atoms with Gasteiger partial charge in [0.25, 0.3) is 0 Å². The second-order valence-electron chi connectivity index (χ2n) is 4.95. The van der Waals surface area contributed by atoms with Crippen LogP contribution in [0.15, 0.2) is 60.1 Å². The number of para-hydroxylation sites is 1. The van der Waals surface area contributed by atoms with Gasteiger partial charge in [-0.05, 0) is 37.4 Å². The average molecular weight is 329 g/mol. The normalized spacial score (nSPS) is 8.74. The highest BCUT2D eigenvalue weighted by atomic mass is 32.1. The zero-order chi connectivity index (χ0) is 17.7. The number of anilines is 1. The fourth-order valence-corrected chi connectivity index (χ4v) is 1.85. The predicted octanol–water partition coefficient (Wildman–Crippen LogP) is 6.37. The van der Waals surface area contributed by atoms with Gasteiger partial charge in [-0.3, -0.25) is 4.99 Å². The predicted molar refractivity (Wildman–Crippen MR) is 110 cm³/mol. The highest BCUT2D eigenvalue weighted by Crippen LogP contribution is 2.26. The van der Waals surface area contributed by atoms with Crippen molar-refractivity contribution in [3.8, 4) is 0 Å². The zero-order valence-corrected chi connectivity index (χ0v) is 15.5. The number of rotatable bonds is 3. The summed E-state index contributed by atoms with van der Waals surface area (Å²) in [4.78, 5) is 4.55. The maximum absolute atomic E-state index is 4.13. The summed E-state index contributed by atoms with van der Waals surface area (Å²) in [5, 5.41) is 3.07. The van der Waals surface area contributed by atoms with Gasteiger partial charge in [0.1, 0.15) is 0 Å². The molecule has 0 aliphatic rings. The van der Waals surface area contributed by atoms with Crippen molar-refractivity contribution in [1.82, 2.24) is 0 Å². The summed E-state index contributed by atoms with van der Waals surface area (Å²) in [5.41, 5.74) is 4.23. The van der Waals surface area contributed by atoms with Gasteiger partial charge in [-0.1, -0.05) is 57.2 Å². The molecule has 2 rings (SSSR count). The van der Waals surface area contributed by atoms with E-state index >= 15 is 0 Å². The number of hydrogen-bond acceptors (Lipinski definition) is 3. The van der Waals surface area contributed by atoms with E-state index in [9.17, 15) is 0 Å². The van der Waals surface area contributed by atoms with Crippen molar-refractivity contribution in [2.75, 3.05) is 12.4 Å². The quantitative estimate of drug-likeness (QED) is 0.496. The lowest BCUT2D eigenvalue weighted by atomic mass is 10.2. The summed E-state index contributed by atoms with van der Waals surface area (Å²) in [7, 11) is 1.93. The lowest BCUT2D eigenvalue weighted by molar-refractivity contribution is 1.09. The first-order chi connectivity index (χ1) is 11.0. The summed E-state index contributed by atoms with van der Waals surface area (Å²) in [6, 6.07) is 15.9. The van der Waals surface area contributed by atoms with E-state index in [1.165, 1.54) is 17.7 Å². The van der Waals surface area contributed by atoms with Crippen LogP contribution in [0.3, 0.4) is 0 Å². The molecule has 3 heteroatoms. The van der Waals surface area contributed by atoms with Gasteiger partial charge in [0.15, 0.2) is 0 Å². The minimum absolute atomic E-state index is 0.716. The van der Waals surface area contributed by atoms with Crippen molar-refractivity contribution >= 4 is 35.6 Å². The number of hydrogen-bond donors (Lipinski definition) is 2. The fourth-order valence-electron chi connectivity index (χ4n) is 1.66. The number of aryl methyl sites for hydroxylation is 1. The average Bonchev–Trinajstić information content (AvgIpc) is 2.56. The van der Waals surface area contributed by atoms with Crippen molar-refractivity contribution < 1.29 is 0 Å². The molecule has 0 atom stereocenters. The molecule has 0 amide bonds. The molecule has 1 N–H and O–H groups in total. The van der Waals surface area contributed by atoms with E-state index < -0.39 is 0 Å². The molecule has 2 nitrogen and oxygen atoms in total. The van der Waals surface area contributed by atoms with Crippen LogP contribution in [0, 0.1) is 6.92 Å². The number of benzene rings is 2. The summed E-state index contributed by atoms with van der Waals surface area (Å²) in [6.45, 7) is 13.5. The van der Waals surface area contributed by atoms with E-state index in [-0.39, 0.29) is 0 Å². The van der Waals surface area contributed by atoms with Gasteiger partial charge in [0, 0.05) is 23.2 Å². The van der Waals surface area contributed by atoms with E-state index in [1.807, 2.05) is 43.4 Å². The minimum Gasteiger partial charge on any atom is -0.388 e. The van der Waals surface area contributed by atoms with Crippen LogP contribution in [0.4, 0.5) is 11.4 Å². The van der Waals surface area contributed by atoms with Gasteiger partial charge in [0.2, 0.25) is 0 Å². The van der Waals surface area contributed by atoms with Crippen LogP contribution < -0.4 is 5.32 Å². The summed E-state index contributed by atoms with van der Waals surface area (Å²) >= 11 is 4.13. The zero-order valence-electron chi connectivity index (χ0n) is 14.6. The SMILES string of the molecule is C=Nc1ccccc1C(=C)S.CCC.CNc1cccc(C)c1. The molecular weight excluding hydrogens is 300 g/mol. The largest absolute Gasteiger partial charge is 0.388 e. The molecule has 0 bridgehead atoms. The van der Waals surface area contributed by atoms with E-state index in [1.54, 1.807) is 0 Å². The van der Waals surface area contributed by atoms with E-state index in [0.717, 1.165) is 11.3 Å². The monoisotopic (exact) mass is 328 g/mol. The Morgan fingerprint density at radius 3 is 2.13 bits per heavy atom. The van der Waals surface area contributed by atoms with Gasteiger partial charge in [0.05, 0.1) is 5.69 Å². The van der Waals surface area contributed by atoms with Crippen LogP contribution in [-0.2, 0) is 0 Å². The molecule has 124 valence electrons. The summed E-state index contributed by atoms with van der Waals surface area (Å²) in [6.07, 6.45) is 1.25. The van der Waals surface area contributed by atoms with Crippen LogP contribution in [0.2, 0.25) is 0 Å². The molecule has 0 fully saturated rings. The van der Waals surface area contributed by atoms with Gasteiger partial charge >= 0.3 is 0 Å². The Morgan fingerprint density at radius 2 is 1.74 bits per heavy atom. The highest BCUT2D eigenvalue weighted by Gasteiger charge is 1.98. The molecule has 0 radical (unpaired) electrons. The molecule has 0 spiro atoms. The molecule has 2 aromatic carbocycles. The van der Waals surface area contributed by atoms with Crippen molar-refractivity contribution in [3.05, 3.63) is 66.2 Å². The molecule has 2 aromatic rings. The second-order valence-corrected chi connectivity index (χ2v) is 5.49. The third-order valence-corrected chi connectivity index (χ3v) is 2.93. The third-order valence-electron chi connectivity index (χ3n) is 2.69. The Morgan fingerprint density at radius 1 is 1.13 bits per heavy atom. The van der Waals surface area contributed by atoms with Crippen molar-refractivity contribution in [3.63, 3.8) is 0 Å². The summed E-state index contributed by atoms with van der Waals surface area (Å²) < 4.78 is 0. The van der Waals surface area contributed by atoms with Crippen molar-refractivity contribution in [1.29, 1.82) is 0 Å². The number of thiol groups is 1. The molecule has 0 unspecified atom stereocenters. The second kappa shape index (κ2) is 12.5. The number of nitrogens with one attached hydrogen (secondary N) is 1.